The molecule has 1 aliphatic rings. The van der Waals surface area contributed by atoms with Crippen molar-refractivity contribution in [3.05, 3.63) is 70.3 Å². The van der Waals surface area contributed by atoms with Gasteiger partial charge < -0.3 is 4.90 Å². The Morgan fingerprint density at radius 1 is 1.00 bits per heavy atom. The number of hydrogen-bond acceptors (Lipinski definition) is 3. The first-order chi connectivity index (χ1) is 10.7. The predicted molar refractivity (Wildman–Crippen MR) is 83.1 cm³/mol. The summed E-state index contributed by atoms with van der Waals surface area (Å²) in [6.07, 6.45) is 0. The number of nitrogens with zero attached hydrogens (tertiary/aromatic N) is 3. The van der Waals surface area contributed by atoms with Crippen molar-refractivity contribution in [1.29, 1.82) is 0 Å². The normalized spacial score (nSPS) is 13.7. The Kier molecular flexibility index (Phi) is 2.63. The van der Waals surface area contributed by atoms with Crippen molar-refractivity contribution in [2.75, 3.05) is 7.05 Å². The molecule has 108 valence electrons. The molecular formula is C17H13N3O2. The molecule has 1 aliphatic heterocycles. The minimum absolute atomic E-state index is 0.107. The summed E-state index contributed by atoms with van der Waals surface area (Å²) in [5, 5.41) is 0.554. The largest absolute Gasteiger partial charge is 0.334 e. The van der Waals surface area contributed by atoms with Crippen LogP contribution >= 0.6 is 0 Å². The van der Waals surface area contributed by atoms with E-state index < -0.39 is 0 Å². The minimum atomic E-state index is -0.142. The molecule has 3 aromatic rings. The molecule has 0 N–H and O–H groups in total. The van der Waals surface area contributed by atoms with Crippen molar-refractivity contribution < 1.29 is 4.79 Å². The van der Waals surface area contributed by atoms with E-state index in [1.807, 2.05) is 24.3 Å². The highest BCUT2D eigenvalue weighted by Gasteiger charge is 2.25. The van der Waals surface area contributed by atoms with E-state index in [2.05, 4.69) is 4.98 Å². The van der Waals surface area contributed by atoms with Crippen LogP contribution in [0.5, 0.6) is 0 Å². The lowest BCUT2D eigenvalue weighted by atomic mass is 10.1. The fourth-order valence-electron chi connectivity index (χ4n) is 2.87. The van der Waals surface area contributed by atoms with E-state index >= 15 is 0 Å². The monoisotopic (exact) mass is 291 g/mol. The molecule has 1 amide bonds. The second-order valence-corrected chi connectivity index (χ2v) is 5.36. The first kappa shape index (κ1) is 12.8. The number of rotatable bonds is 0. The van der Waals surface area contributed by atoms with Gasteiger partial charge in [0.15, 0.2) is 0 Å². The second-order valence-electron chi connectivity index (χ2n) is 5.36. The van der Waals surface area contributed by atoms with Gasteiger partial charge in [0, 0.05) is 7.05 Å². The molecule has 0 unspecified atom stereocenters. The first-order valence-electron chi connectivity index (χ1n) is 7.02. The summed E-state index contributed by atoms with van der Waals surface area (Å²) >= 11 is 0. The summed E-state index contributed by atoms with van der Waals surface area (Å²) in [4.78, 5) is 31.6. The van der Waals surface area contributed by atoms with Gasteiger partial charge in [0.2, 0.25) is 0 Å². The van der Waals surface area contributed by atoms with Crippen molar-refractivity contribution in [1.82, 2.24) is 14.5 Å². The molecule has 0 aliphatic carbocycles. The van der Waals surface area contributed by atoms with E-state index in [1.54, 1.807) is 40.8 Å². The van der Waals surface area contributed by atoms with Gasteiger partial charge in [0.25, 0.3) is 11.5 Å². The minimum Gasteiger partial charge on any atom is -0.334 e. The van der Waals surface area contributed by atoms with Crippen LogP contribution < -0.4 is 5.56 Å². The third-order valence-corrected chi connectivity index (χ3v) is 3.95. The summed E-state index contributed by atoms with van der Waals surface area (Å²) in [5.74, 6) is 0.467. The van der Waals surface area contributed by atoms with Crippen LogP contribution in [-0.4, -0.2) is 27.4 Å². The van der Waals surface area contributed by atoms with Crippen LogP contribution in [-0.2, 0) is 6.54 Å². The summed E-state index contributed by atoms with van der Waals surface area (Å²) < 4.78 is 1.55. The maximum atomic E-state index is 12.9. The molecule has 0 saturated heterocycles. The van der Waals surface area contributed by atoms with Crippen molar-refractivity contribution in [3.63, 3.8) is 0 Å². The highest BCUT2D eigenvalue weighted by atomic mass is 16.2. The molecule has 0 spiro atoms. The highest BCUT2D eigenvalue weighted by molar-refractivity contribution is 5.98. The van der Waals surface area contributed by atoms with Crippen LogP contribution in [0, 0.1) is 0 Å². The van der Waals surface area contributed by atoms with E-state index in [1.165, 1.54) is 0 Å². The molecule has 2 heterocycles. The quantitative estimate of drug-likeness (QED) is 0.636. The number of carbonyl (C=O) groups is 1. The fourth-order valence-corrected chi connectivity index (χ4v) is 2.87. The van der Waals surface area contributed by atoms with Crippen LogP contribution in [0.2, 0.25) is 0 Å². The molecule has 0 atom stereocenters. The van der Waals surface area contributed by atoms with Crippen molar-refractivity contribution in [2.24, 2.45) is 0 Å². The number of para-hydroxylation sites is 2. The average molecular weight is 291 g/mol. The van der Waals surface area contributed by atoms with Gasteiger partial charge in [0.1, 0.15) is 5.82 Å². The van der Waals surface area contributed by atoms with E-state index in [0.717, 1.165) is 0 Å². The molecule has 4 rings (SSSR count). The third kappa shape index (κ3) is 1.69. The Labute approximate surface area is 126 Å². The number of amides is 1. The van der Waals surface area contributed by atoms with Gasteiger partial charge in [-0.05, 0) is 24.3 Å². The Morgan fingerprint density at radius 3 is 2.59 bits per heavy atom. The first-order valence-corrected chi connectivity index (χ1v) is 7.02. The van der Waals surface area contributed by atoms with Gasteiger partial charge in [-0.15, -0.1) is 0 Å². The molecule has 5 heteroatoms. The van der Waals surface area contributed by atoms with Gasteiger partial charge in [-0.2, -0.15) is 0 Å². The molecular weight excluding hydrogens is 278 g/mol. The Morgan fingerprint density at radius 2 is 1.73 bits per heavy atom. The van der Waals surface area contributed by atoms with Crippen molar-refractivity contribution in [2.45, 2.75) is 6.54 Å². The number of fused-ring (bicyclic) bond motifs is 4. The smallest absolute Gasteiger partial charge is 0.266 e. The van der Waals surface area contributed by atoms with E-state index in [4.69, 9.17) is 0 Å². The number of hydrogen-bond donors (Lipinski definition) is 0. The Bertz CT molecular complexity index is 975. The molecule has 22 heavy (non-hydrogen) atoms. The lowest BCUT2D eigenvalue weighted by molar-refractivity contribution is 0.0786. The Hall–Kier alpha value is -2.95. The third-order valence-electron chi connectivity index (χ3n) is 3.95. The molecule has 1 aromatic heterocycles. The molecule has 5 nitrogen and oxygen atoms in total. The zero-order valence-corrected chi connectivity index (χ0v) is 12.0. The van der Waals surface area contributed by atoms with E-state index in [9.17, 15) is 9.59 Å². The zero-order valence-electron chi connectivity index (χ0n) is 12.0. The molecule has 0 bridgehead atoms. The van der Waals surface area contributed by atoms with Crippen LogP contribution in [0.3, 0.4) is 0 Å². The fraction of sp³-hybridized carbons (Fsp3) is 0.118. The molecule has 0 saturated carbocycles. The van der Waals surface area contributed by atoms with Crippen LogP contribution in [0.4, 0.5) is 0 Å². The maximum absolute atomic E-state index is 12.9. The predicted octanol–water partition coefficient (Wildman–Crippen LogP) is 1.97. The molecule has 0 fully saturated rings. The lowest BCUT2D eigenvalue weighted by Gasteiger charge is -2.14. The van der Waals surface area contributed by atoms with Gasteiger partial charge >= 0.3 is 0 Å². The number of benzene rings is 2. The van der Waals surface area contributed by atoms with E-state index in [-0.39, 0.29) is 11.5 Å². The molecule has 0 radical (unpaired) electrons. The van der Waals surface area contributed by atoms with Gasteiger partial charge in [0.05, 0.1) is 28.7 Å². The van der Waals surface area contributed by atoms with Gasteiger partial charge in [-0.1, -0.05) is 24.3 Å². The summed E-state index contributed by atoms with van der Waals surface area (Å²) in [6, 6.07) is 14.4. The summed E-state index contributed by atoms with van der Waals surface area (Å²) in [7, 11) is 1.72. The van der Waals surface area contributed by atoms with Gasteiger partial charge in [-0.25, -0.2) is 4.98 Å². The number of aromatic nitrogens is 2. The molecule has 2 aromatic carbocycles. The van der Waals surface area contributed by atoms with Crippen LogP contribution in [0.15, 0.2) is 53.3 Å². The lowest BCUT2D eigenvalue weighted by Crippen LogP contribution is -2.27. The zero-order chi connectivity index (χ0) is 15.3. The van der Waals surface area contributed by atoms with Crippen LogP contribution in [0.1, 0.15) is 16.2 Å². The summed E-state index contributed by atoms with van der Waals surface area (Å²) in [6.45, 7) is 0.299. The van der Waals surface area contributed by atoms with Crippen LogP contribution in [0.25, 0.3) is 16.6 Å². The number of carbonyl (C=O) groups excluding carboxylic acids is 1. The SMILES string of the molecule is CN1Cc2nc3ccccc3c(=O)n2-c2ccccc2C1=O. The average Bonchev–Trinajstić information content (AvgIpc) is 2.64. The van der Waals surface area contributed by atoms with Crippen molar-refractivity contribution in [3.8, 4) is 5.69 Å². The van der Waals surface area contributed by atoms with Gasteiger partial charge in [-0.3, -0.25) is 14.2 Å². The highest BCUT2D eigenvalue weighted by Crippen LogP contribution is 2.22. The topological polar surface area (TPSA) is 55.2 Å². The van der Waals surface area contributed by atoms with Crippen molar-refractivity contribution >= 4 is 16.8 Å². The maximum Gasteiger partial charge on any atom is 0.266 e. The summed E-state index contributed by atoms with van der Waals surface area (Å²) in [5.41, 5.74) is 1.62. The second kappa shape index (κ2) is 4.53. The standard InChI is InChI=1S/C17H13N3O2/c1-19-10-15-18-13-8-4-2-6-11(13)17(22)20(15)14-9-5-3-7-12(14)16(19)21/h2-9H,10H2,1H3. The Balaban J connectivity index is 2.17. The van der Waals surface area contributed by atoms with E-state index in [0.29, 0.717) is 34.5 Å².